The van der Waals surface area contributed by atoms with Crippen molar-refractivity contribution in [3.8, 4) is 11.5 Å². The summed E-state index contributed by atoms with van der Waals surface area (Å²) < 4.78 is 12.8. The predicted molar refractivity (Wildman–Crippen MR) is 78.4 cm³/mol. The van der Waals surface area contributed by atoms with Crippen LogP contribution >= 0.6 is 0 Å². The van der Waals surface area contributed by atoms with Gasteiger partial charge in [-0.05, 0) is 37.6 Å². The molecule has 0 aliphatic carbocycles. The third kappa shape index (κ3) is 4.75. The summed E-state index contributed by atoms with van der Waals surface area (Å²) in [6.07, 6.45) is 2.11. The molecular formula is C15H21N3O3. The van der Waals surface area contributed by atoms with E-state index in [1.54, 1.807) is 17.8 Å². The van der Waals surface area contributed by atoms with Gasteiger partial charge in [0.25, 0.3) is 0 Å². The van der Waals surface area contributed by atoms with Crippen LogP contribution in [0.4, 0.5) is 0 Å². The number of nitrogens with zero attached hydrogens (tertiary/aromatic N) is 3. The molecule has 1 aromatic heterocycles. The minimum atomic E-state index is -0.602. The van der Waals surface area contributed by atoms with Crippen molar-refractivity contribution < 1.29 is 14.6 Å². The lowest BCUT2D eigenvalue weighted by atomic mass is 10.3. The first kappa shape index (κ1) is 15.3. The molecule has 114 valence electrons. The van der Waals surface area contributed by atoms with Crippen molar-refractivity contribution in [2.24, 2.45) is 0 Å². The van der Waals surface area contributed by atoms with Crippen LogP contribution in [0.1, 0.15) is 32.1 Å². The number of benzene rings is 1. The highest BCUT2D eigenvalue weighted by Crippen LogP contribution is 2.17. The second kappa shape index (κ2) is 7.64. The molecule has 0 radical (unpaired) electrons. The quantitative estimate of drug-likeness (QED) is 0.807. The number of ether oxygens (including phenoxy) is 2. The highest BCUT2D eigenvalue weighted by atomic mass is 16.5. The van der Waals surface area contributed by atoms with Gasteiger partial charge >= 0.3 is 0 Å². The van der Waals surface area contributed by atoms with Crippen LogP contribution in [0.25, 0.3) is 0 Å². The van der Waals surface area contributed by atoms with E-state index >= 15 is 0 Å². The Morgan fingerprint density at radius 1 is 1.14 bits per heavy atom. The fourth-order valence-corrected chi connectivity index (χ4v) is 1.72. The van der Waals surface area contributed by atoms with E-state index in [4.69, 9.17) is 9.47 Å². The van der Waals surface area contributed by atoms with Gasteiger partial charge in [0, 0.05) is 0 Å². The summed E-state index contributed by atoms with van der Waals surface area (Å²) in [7, 11) is 0. The van der Waals surface area contributed by atoms with Gasteiger partial charge in [-0.3, -0.25) is 0 Å². The summed E-state index contributed by atoms with van der Waals surface area (Å²) in [6.45, 7) is 5.52. The molecule has 0 bridgehead atoms. The second-order valence-corrected chi connectivity index (χ2v) is 4.75. The van der Waals surface area contributed by atoms with Gasteiger partial charge in [0.15, 0.2) is 0 Å². The van der Waals surface area contributed by atoms with Crippen molar-refractivity contribution in [2.75, 3.05) is 13.2 Å². The maximum Gasteiger partial charge on any atom is 0.119 e. The van der Waals surface area contributed by atoms with Gasteiger partial charge in [0.1, 0.15) is 23.8 Å². The first-order valence-electron chi connectivity index (χ1n) is 7.13. The maximum atomic E-state index is 9.37. The molecule has 0 aliphatic heterocycles. The van der Waals surface area contributed by atoms with E-state index in [1.165, 1.54) is 0 Å². The molecule has 0 spiro atoms. The van der Waals surface area contributed by atoms with Crippen LogP contribution in [0.5, 0.6) is 11.5 Å². The van der Waals surface area contributed by atoms with Gasteiger partial charge in [-0.15, -0.1) is 5.10 Å². The lowest BCUT2D eigenvalue weighted by molar-refractivity contribution is 0.194. The van der Waals surface area contributed by atoms with E-state index in [2.05, 4.69) is 17.2 Å². The van der Waals surface area contributed by atoms with E-state index in [0.29, 0.717) is 18.8 Å². The fraction of sp³-hybridized carbons (Fsp3) is 0.467. The SMILES string of the molecule is CCCOc1ccc(OCCn2cc(C(C)O)nn2)cc1. The smallest absolute Gasteiger partial charge is 0.119 e. The van der Waals surface area contributed by atoms with E-state index in [0.717, 1.165) is 24.5 Å². The Hall–Kier alpha value is -2.08. The monoisotopic (exact) mass is 291 g/mol. The van der Waals surface area contributed by atoms with Crippen LogP contribution < -0.4 is 9.47 Å². The van der Waals surface area contributed by atoms with Crippen LogP contribution in [-0.2, 0) is 6.54 Å². The molecule has 0 saturated heterocycles. The van der Waals surface area contributed by atoms with E-state index < -0.39 is 6.10 Å². The molecule has 0 aliphatic rings. The summed E-state index contributed by atoms with van der Waals surface area (Å²) in [5.41, 5.74) is 0.562. The van der Waals surface area contributed by atoms with Crippen molar-refractivity contribution in [1.29, 1.82) is 0 Å². The fourth-order valence-electron chi connectivity index (χ4n) is 1.72. The Morgan fingerprint density at radius 2 is 1.76 bits per heavy atom. The van der Waals surface area contributed by atoms with Crippen molar-refractivity contribution in [2.45, 2.75) is 32.9 Å². The zero-order chi connectivity index (χ0) is 15.1. The number of aromatic nitrogens is 3. The molecule has 0 fully saturated rings. The molecule has 0 saturated carbocycles. The van der Waals surface area contributed by atoms with E-state index in [9.17, 15) is 5.11 Å². The number of hydrogen-bond acceptors (Lipinski definition) is 5. The maximum absolute atomic E-state index is 9.37. The molecule has 1 heterocycles. The zero-order valence-electron chi connectivity index (χ0n) is 12.4. The number of aliphatic hydroxyl groups excluding tert-OH is 1. The number of hydrogen-bond donors (Lipinski definition) is 1. The first-order valence-corrected chi connectivity index (χ1v) is 7.13. The lowest BCUT2D eigenvalue weighted by Gasteiger charge is -2.08. The van der Waals surface area contributed by atoms with Crippen LogP contribution in [-0.4, -0.2) is 33.3 Å². The van der Waals surface area contributed by atoms with E-state index in [-0.39, 0.29) is 0 Å². The molecule has 1 aromatic carbocycles. The van der Waals surface area contributed by atoms with Crippen molar-refractivity contribution in [1.82, 2.24) is 15.0 Å². The summed E-state index contributed by atoms with van der Waals surface area (Å²) >= 11 is 0. The third-order valence-corrected chi connectivity index (χ3v) is 2.87. The van der Waals surface area contributed by atoms with Gasteiger partial charge in [-0.2, -0.15) is 0 Å². The van der Waals surface area contributed by atoms with E-state index in [1.807, 2.05) is 24.3 Å². The molecule has 6 heteroatoms. The summed E-state index contributed by atoms with van der Waals surface area (Å²) in [5, 5.41) is 17.2. The molecular weight excluding hydrogens is 270 g/mol. The largest absolute Gasteiger partial charge is 0.494 e. The molecule has 6 nitrogen and oxygen atoms in total. The van der Waals surface area contributed by atoms with Crippen molar-refractivity contribution >= 4 is 0 Å². The molecule has 1 atom stereocenters. The first-order chi connectivity index (χ1) is 10.2. The Bertz CT molecular complexity index is 537. The average Bonchev–Trinajstić information content (AvgIpc) is 2.95. The summed E-state index contributed by atoms with van der Waals surface area (Å²) in [5.74, 6) is 1.64. The van der Waals surface area contributed by atoms with Gasteiger partial charge in [-0.25, -0.2) is 4.68 Å². The molecule has 1 unspecified atom stereocenters. The summed E-state index contributed by atoms with van der Waals surface area (Å²) in [6, 6.07) is 7.55. The topological polar surface area (TPSA) is 69.4 Å². The minimum Gasteiger partial charge on any atom is -0.494 e. The Morgan fingerprint density at radius 3 is 2.29 bits per heavy atom. The van der Waals surface area contributed by atoms with Crippen LogP contribution in [0, 0.1) is 0 Å². The standard InChI is InChI=1S/C15H21N3O3/c1-3-9-20-13-4-6-14(7-5-13)21-10-8-18-11-15(12(2)19)16-17-18/h4-7,11-12,19H,3,8-10H2,1-2H3. The Kier molecular flexibility index (Phi) is 5.57. The zero-order valence-corrected chi connectivity index (χ0v) is 12.4. The van der Waals surface area contributed by atoms with Crippen molar-refractivity contribution in [3.05, 3.63) is 36.2 Å². The van der Waals surface area contributed by atoms with Gasteiger partial charge in [-0.1, -0.05) is 12.1 Å². The molecule has 21 heavy (non-hydrogen) atoms. The number of aliphatic hydroxyl groups is 1. The highest BCUT2D eigenvalue weighted by Gasteiger charge is 2.06. The Labute approximate surface area is 124 Å². The van der Waals surface area contributed by atoms with Crippen molar-refractivity contribution in [3.63, 3.8) is 0 Å². The molecule has 2 aromatic rings. The third-order valence-electron chi connectivity index (χ3n) is 2.87. The molecule has 2 rings (SSSR count). The Balaban J connectivity index is 1.77. The predicted octanol–water partition coefficient (Wildman–Crippen LogP) is 2.20. The lowest BCUT2D eigenvalue weighted by Crippen LogP contribution is -2.08. The average molecular weight is 291 g/mol. The highest BCUT2D eigenvalue weighted by molar-refractivity contribution is 5.31. The van der Waals surface area contributed by atoms with Crippen LogP contribution in [0.3, 0.4) is 0 Å². The second-order valence-electron chi connectivity index (χ2n) is 4.75. The normalized spacial score (nSPS) is 12.1. The van der Waals surface area contributed by atoms with Gasteiger partial charge in [0.05, 0.1) is 25.5 Å². The molecule has 1 N–H and O–H groups in total. The minimum absolute atomic E-state index is 0.484. The van der Waals surface area contributed by atoms with Crippen LogP contribution in [0.15, 0.2) is 30.5 Å². The van der Waals surface area contributed by atoms with Gasteiger partial charge < -0.3 is 14.6 Å². The number of rotatable bonds is 8. The van der Waals surface area contributed by atoms with Crippen LogP contribution in [0.2, 0.25) is 0 Å². The van der Waals surface area contributed by atoms with Gasteiger partial charge in [0.2, 0.25) is 0 Å². The molecule has 0 amide bonds. The summed E-state index contributed by atoms with van der Waals surface area (Å²) in [4.78, 5) is 0.